The average molecular weight is 506 g/mol. The van der Waals surface area contributed by atoms with E-state index in [9.17, 15) is 0 Å². The molecular formula is C20H39IN6O. The van der Waals surface area contributed by atoms with E-state index in [4.69, 9.17) is 4.52 Å². The van der Waals surface area contributed by atoms with Crippen molar-refractivity contribution in [1.29, 1.82) is 0 Å². The molecule has 0 spiro atoms. The van der Waals surface area contributed by atoms with Crippen molar-refractivity contribution in [3.63, 3.8) is 0 Å². The SMILES string of the molecule is CCC(CC)c1cc(CNC(=NC)NCCCN2CCCN(C)CC2)on1.I. The fourth-order valence-electron chi connectivity index (χ4n) is 3.54. The minimum atomic E-state index is 0. The number of nitrogens with one attached hydrogen (secondary N) is 2. The summed E-state index contributed by atoms with van der Waals surface area (Å²) < 4.78 is 5.46. The molecule has 0 unspecified atom stereocenters. The fraction of sp³-hybridized carbons (Fsp3) is 0.800. The van der Waals surface area contributed by atoms with Crippen LogP contribution in [0.15, 0.2) is 15.6 Å². The van der Waals surface area contributed by atoms with Crippen LogP contribution in [0.1, 0.15) is 56.9 Å². The Bertz CT molecular complexity index is 561. The molecule has 2 heterocycles. The Kier molecular flexibility index (Phi) is 12.7. The molecule has 0 radical (unpaired) electrons. The van der Waals surface area contributed by atoms with Crippen LogP contribution < -0.4 is 10.6 Å². The highest BCUT2D eigenvalue weighted by molar-refractivity contribution is 14.0. The van der Waals surface area contributed by atoms with E-state index in [1.165, 1.54) is 32.6 Å². The van der Waals surface area contributed by atoms with Gasteiger partial charge in [0.15, 0.2) is 11.7 Å². The summed E-state index contributed by atoms with van der Waals surface area (Å²) in [5, 5.41) is 10.9. The third-order valence-corrected chi connectivity index (χ3v) is 5.39. The zero-order valence-electron chi connectivity index (χ0n) is 18.0. The van der Waals surface area contributed by atoms with Gasteiger partial charge in [-0.1, -0.05) is 19.0 Å². The summed E-state index contributed by atoms with van der Waals surface area (Å²) in [5.74, 6) is 2.15. The predicted octanol–water partition coefficient (Wildman–Crippen LogP) is 2.89. The van der Waals surface area contributed by atoms with Crippen LogP contribution in [-0.4, -0.2) is 74.3 Å². The molecule has 1 fully saturated rings. The first-order valence-corrected chi connectivity index (χ1v) is 10.5. The lowest BCUT2D eigenvalue weighted by atomic mass is 9.99. The topological polar surface area (TPSA) is 68.9 Å². The largest absolute Gasteiger partial charge is 0.359 e. The van der Waals surface area contributed by atoms with Crippen LogP contribution in [0.3, 0.4) is 0 Å². The second-order valence-electron chi connectivity index (χ2n) is 7.44. The normalized spacial score (nSPS) is 16.7. The highest BCUT2D eigenvalue weighted by Crippen LogP contribution is 2.22. The third-order valence-electron chi connectivity index (χ3n) is 5.39. The van der Waals surface area contributed by atoms with E-state index in [2.05, 4.69) is 57.5 Å². The van der Waals surface area contributed by atoms with Gasteiger partial charge in [-0.3, -0.25) is 4.99 Å². The summed E-state index contributed by atoms with van der Waals surface area (Å²) in [4.78, 5) is 9.28. The van der Waals surface area contributed by atoms with Gasteiger partial charge in [0.2, 0.25) is 0 Å². The zero-order valence-corrected chi connectivity index (χ0v) is 20.4. The Labute approximate surface area is 187 Å². The molecule has 1 aliphatic rings. The van der Waals surface area contributed by atoms with Crippen molar-refractivity contribution in [2.75, 3.05) is 53.4 Å². The summed E-state index contributed by atoms with van der Waals surface area (Å²) >= 11 is 0. The zero-order chi connectivity index (χ0) is 19.5. The van der Waals surface area contributed by atoms with E-state index in [1.807, 2.05) is 0 Å². The second-order valence-corrected chi connectivity index (χ2v) is 7.44. The molecule has 0 aromatic carbocycles. The first-order valence-electron chi connectivity index (χ1n) is 10.5. The first kappa shape index (κ1) is 25.2. The molecule has 0 atom stereocenters. The van der Waals surface area contributed by atoms with Crippen molar-refractivity contribution >= 4 is 29.9 Å². The van der Waals surface area contributed by atoms with Crippen molar-refractivity contribution in [2.45, 2.75) is 52.0 Å². The molecule has 1 aromatic heterocycles. The molecule has 162 valence electrons. The number of likely N-dealkylation sites (N-methyl/N-ethyl adjacent to an activating group) is 1. The highest BCUT2D eigenvalue weighted by Gasteiger charge is 2.13. The monoisotopic (exact) mass is 506 g/mol. The Hall–Kier alpha value is -0.870. The van der Waals surface area contributed by atoms with Gasteiger partial charge in [-0.2, -0.15) is 0 Å². The molecule has 2 rings (SSSR count). The lowest BCUT2D eigenvalue weighted by molar-refractivity contribution is 0.274. The van der Waals surface area contributed by atoms with Crippen LogP contribution in [0.25, 0.3) is 0 Å². The quantitative estimate of drug-likeness (QED) is 0.233. The van der Waals surface area contributed by atoms with Crippen LogP contribution in [0.4, 0.5) is 0 Å². The van der Waals surface area contributed by atoms with Crippen molar-refractivity contribution < 1.29 is 4.52 Å². The molecule has 2 N–H and O–H groups in total. The van der Waals surface area contributed by atoms with Gasteiger partial charge in [0.25, 0.3) is 0 Å². The van der Waals surface area contributed by atoms with Gasteiger partial charge >= 0.3 is 0 Å². The van der Waals surface area contributed by atoms with Crippen molar-refractivity contribution in [3.8, 4) is 0 Å². The Morgan fingerprint density at radius 2 is 2.00 bits per heavy atom. The molecule has 1 aromatic rings. The summed E-state index contributed by atoms with van der Waals surface area (Å²) in [7, 11) is 4.01. The van der Waals surface area contributed by atoms with E-state index in [0.717, 1.165) is 49.8 Å². The number of aliphatic imine (C=N–C) groups is 1. The van der Waals surface area contributed by atoms with Crippen molar-refractivity contribution in [1.82, 2.24) is 25.6 Å². The number of rotatable bonds is 9. The molecular weight excluding hydrogens is 467 g/mol. The Balaban J connectivity index is 0.00000392. The molecule has 28 heavy (non-hydrogen) atoms. The van der Waals surface area contributed by atoms with Gasteiger partial charge in [-0.05, 0) is 52.4 Å². The minimum absolute atomic E-state index is 0. The fourth-order valence-corrected chi connectivity index (χ4v) is 3.54. The maximum Gasteiger partial charge on any atom is 0.191 e. The van der Waals surface area contributed by atoms with Crippen LogP contribution in [-0.2, 0) is 6.54 Å². The van der Waals surface area contributed by atoms with Gasteiger partial charge in [-0.25, -0.2) is 0 Å². The van der Waals surface area contributed by atoms with Crippen LogP contribution in [0.5, 0.6) is 0 Å². The molecule has 0 bridgehead atoms. The lowest BCUT2D eigenvalue weighted by Gasteiger charge is -2.20. The standard InChI is InChI=1S/C20H38N6O.HI/c1-5-17(6-2)19-15-18(27-24-19)16-23-20(21-3)22-9-7-11-26-12-8-10-25(4)13-14-26;/h15,17H,5-14,16H2,1-4H3,(H2,21,22,23);1H. The van der Waals surface area contributed by atoms with Crippen LogP contribution in [0, 0.1) is 0 Å². The third kappa shape index (κ3) is 8.65. The maximum atomic E-state index is 5.46. The highest BCUT2D eigenvalue weighted by atomic mass is 127. The van der Waals surface area contributed by atoms with E-state index >= 15 is 0 Å². The summed E-state index contributed by atoms with van der Waals surface area (Å²) in [6.07, 6.45) is 4.56. The second kappa shape index (κ2) is 14.2. The summed E-state index contributed by atoms with van der Waals surface area (Å²) in [6.45, 7) is 11.8. The number of nitrogens with zero attached hydrogens (tertiary/aromatic N) is 4. The maximum absolute atomic E-state index is 5.46. The number of guanidine groups is 1. The molecule has 8 heteroatoms. The van der Waals surface area contributed by atoms with E-state index in [0.29, 0.717) is 12.5 Å². The molecule has 1 saturated heterocycles. The average Bonchev–Trinajstić information content (AvgIpc) is 3.04. The van der Waals surface area contributed by atoms with E-state index in [-0.39, 0.29) is 24.0 Å². The summed E-state index contributed by atoms with van der Waals surface area (Å²) in [5.41, 5.74) is 1.06. The van der Waals surface area contributed by atoms with Gasteiger partial charge < -0.3 is 25.0 Å². The lowest BCUT2D eigenvalue weighted by Crippen LogP contribution is -2.38. The molecule has 7 nitrogen and oxygen atoms in total. The molecule has 0 amide bonds. The molecule has 1 aliphatic heterocycles. The van der Waals surface area contributed by atoms with Crippen LogP contribution in [0.2, 0.25) is 0 Å². The van der Waals surface area contributed by atoms with E-state index in [1.54, 1.807) is 7.05 Å². The number of hydrogen-bond donors (Lipinski definition) is 2. The van der Waals surface area contributed by atoms with Gasteiger partial charge in [0.05, 0.1) is 12.2 Å². The van der Waals surface area contributed by atoms with Crippen molar-refractivity contribution in [2.24, 2.45) is 4.99 Å². The van der Waals surface area contributed by atoms with E-state index < -0.39 is 0 Å². The number of hydrogen-bond acceptors (Lipinski definition) is 5. The minimum Gasteiger partial charge on any atom is -0.359 e. The van der Waals surface area contributed by atoms with Gasteiger partial charge in [0.1, 0.15) is 0 Å². The summed E-state index contributed by atoms with van der Waals surface area (Å²) in [6, 6.07) is 2.06. The smallest absolute Gasteiger partial charge is 0.191 e. The Morgan fingerprint density at radius 1 is 1.21 bits per heavy atom. The first-order chi connectivity index (χ1) is 13.2. The Morgan fingerprint density at radius 3 is 2.71 bits per heavy atom. The van der Waals surface area contributed by atoms with Gasteiger partial charge in [0, 0.05) is 38.7 Å². The number of halogens is 1. The van der Waals surface area contributed by atoms with Crippen LogP contribution >= 0.6 is 24.0 Å². The number of aromatic nitrogens is 1. The molecule has 0 saturated carbocycles. The molecule has 0 aliphatic carbocycles. The van der Waals surface area contributed by atoms with Crippen molar-refractivity contribution in [3.05, 3.63) is 17.5 Å². The predicted molar refractivity (Wildman–Crippen MR) is 127 cm³/mol. The van der Waals surface area contributed by atoms with Gasteiger partial charge in [-0.15, -0.1) is 24.0 Å².